The van der Waals surface area contributed by atoms with E-state index in [4.69, 9.17) is 10.5 Å². The summed E-state index contributed by atoms with van der Waals surface area (Å²) in [7, 11) is 3.91. The zero-order chi connectivity index (χ0) is 16.4. The first-order valence-electron chi connectivity index (χ1n) is 8.64. The molecular weight excluding hydrogens is 286 g/mol. The van der Waals surface area contributed by atoms with Gasteiger partial charge in [0, 0.05) is 19.1 Å². The molecular formula is C19H29N3O. The molecule has 23 heavy (non-hydrogen) atoms. The highest BCUT2D eigenvalue weighted by molar-refractivity contribution is 5.73. The third kappa shape index (κ3) is 3.54. The highest BCUT2D eigenvalue weighted by atomic mass is 16.5. The molecule has 0 saturated carbocycles. The summed E-state index contributed by atoms with van der Waals surface area (Å²) < 4.78 is 5.39. The number of nitrogen functional groups attached to an aromatic ring is 1. The predicted octanol–water partition coefficient (Wildman–Crippen LogP) is 2.77. The number of aryl methyl sites for hydroxylation is 1. The van der Waals surface area contributed by atoms with Gasteiger partial charge in [-0.2, -0.15) is 0 Å². The van der Waals surface area contributed by atoms with Crippen molar-refractivity contribution in [1.29, 1.82) is 0 Å². The van der Waals surface area contributed by atoms with Gasteiger partial charge in [-0.05, 0) is 75.2 Å². The second kappa shape index (κ2) is 6.93. The van der Waals surface area contributed by atoms with Gasteiger partial charge in [0.15, 0.2) is 0 Å². The van der Waals surface area contributed by atoms with Crippen LogP contribution in [0.25, 0.3) is 5.57 Å². The summed E-state index contributed by atoms with van der Waals surface area (Å²) >= 11 is 0. The van der Waals surface area contributed by atoms with E-state index in [2.05, 4.69) is 35.9 Å². The normalized spacial score (nSPS) is 21.3. The lowest BCUT2D eigenvalue weighted by Gasteiger charge is -2.38. The Bertz CT molecular complexity index is 589. The maximum atomic E-state index is 6.00. The van der Waals surface area contributed by atoms with Crippen LogP contribution >= 0.6 is 0 Å². The van der Waals surface area contributed by atoms with Gasteiger partial charge < -0.3 is 15.4 Å². The molecule has 0 amide bonds. The zero-order valence-electron chi connectivity index (χ0n) is 14.6. The molecule has 4 nitrogen and oxygen atoms in total. The Morgan fingerprint density at radius 3 is 2.52 bits per heavy atom. The van der Waals surface area contributed by atoms with E-state index in [-0.39, 0.29) is 0 Å². The highest BCUT2D eigenvalue weighted by Crippen LogP contribution is 2.33. The van der Waals surface area contributed by atoms with Crippen molar-refractivity contribution >= 4 is 11.3 Å². The summed E-state index contributed by atoms with van der Waals surface area (Å²) in [6.07, 6.45) is 6.11. The summed E-state index contributed by atoms with van der Waals surface area (Å²) in [6.45, 7) is 6.82. The van der Waals surface area contributed by atoms with Crippen molar-refractivity contribution in [2.45, 2.75) is 32.2 Å². The maximum Gasteiger partial charge on any atom is 0.142 e. The Labute approximate surface area is 139 Å². The number of piperidine rings is 1. The summed E-state index contributed by atoms with van der Waals surface area (Å²) in [6, 6.07) is 4.88. The van der Waals surface area contributed by atoms with Crippen LogP contribution in [-0.4, -0.2) is 56.2 Å². The fraction of sp³-hybridized carbons (Fsp3) is 0.579. The summed E-state index contributed by atoms with van der Waals surface area (Å²) in [5, 5.41) is 0. The van der Waals surface area contributed by atoms with E-state index in [0.29, 0.717) is 0 Å². The van der Waals surface area contributed by atoms with Crippen molar-refractivity contribution in [3.63, 3.8) is 0 Å². The molecule has 1 aromatic carbocycles. The highest BCUT2D eigenvalue weighted by Gasteiger charge is 2.25. The molecule has 0 atom stereocenters. The molecule has 2 heterocycles. The first kappa shape index (κ1) is 16.3. The number of hydrogen-bond donors (Lipinski definition) is 1. The monoisotopic (exact) mass is 315 g/mol. The van der Waals surface area contributed by atoms with Crippen molar-refractivity contribution in [1.82, 2.24) is 9.80 Å². The Hall–Kier alpha value is -1.52. The van der Waals surface area contributed by atoms with Crippen LogP contribution in [0.1, 0.15) is 30.4 Å². The molecule has 0 radical (unpaired) electrons. The van der Waals surface area contributed by atoms with Crippen LogP contribution in [0.5, 0.6) is 5.75 Å². The number of nitrogens with two attached hydrogens (primary N) is 1. The van der Waals surface area contributed by atoms with E-state index in [9.17, 15) is 0 Å². The topological polar surface area (TPSA) is 41.7 Å². The van der Waals surface area contributed by atoms with Gasteiger partial charge in [-0.3, -0.25) is 4.90 Å². The minimum atomic E-state index is 0.720. The lowest BCUT2D eigenvalue weighted by Crippen LogP contribution is -2.45. The van der Waals surface area contributed by atoms with Gasteiger partial charge in [0.05, 0.1) is 12.8 Å². The number of benzene rings is 1. The summed E-state index contributed by atoms with van der Waals surface area (Å²) in [4.78, 5) is 5.09. The molecule has 1 aromatic rings. The molecule has 126 valence electrons. The van der Waals surface area contributed by atoms with Gasteiger partial charge >= 0.3 is 0 Å². The standard InChI is InChI=1S/C19H29N3O/c1-14-12-18(20)19(23-3)13-17(14)15-4-10-22(11-5-15)16-6-8-21(2)9-7-16/h4,12-13,16H,5-11,20H2,1-3H3. The molecule has 2 aliphatic heterocycles. The van der Waals surface area contributed by atoms with Gasteiger partial charge in [-0.25, -0.2) is 0 Å². The van der Waals surface area contributed by atoms with E-state index in [1.807, 2.05) is 6.07 Å². The predicted molar refractivity (Wildman–Crippen MR) is 96.8 cm³/mol. The molecule has 1 fully saturated rings. The Balaban J connectivity index is 1.72. The largest absolute Gasteiger partial charge is 0.495 e. The van der Waals surface area contributed by atoms with E-state index in [0.717, 1.165) is 37.0 Å². The molecule has 1 saturated heterocycles. The van der Waals surface area contributed by atoms with Gasteiger partial charge in [-0.1, -0.05) is 6.08 Å². The quantitative estimate of drug-likeness (QED) is 0.871. The number of methoxy groups -OCH3 is 1. The average molecular weight is 315 g/mol. The number of nitrogens with zero attached hydrogens (tertiary/aromatic N) is 2. The van der Waals surface area contributed by atoms with Crippen molar-refractivity contribution in [2.75, 3.05) is 46.1 Å². The molecule has 0 spiro atoms. The Kier molecular flexibility index (Phi) is 4.93. The van der Waals surface area contributed by atoms with E-state index in [1.54, 1.807) is 7.11 Å². The van der Waals surface area contributed by atoms with Crippen LogP contribution in [-0.2, 0) is 0 Å². The van der Waals surface area contributed by atoms with Crippen LogP contribution in [0.3, 0.4) is 0 Å². The lowest BCUT2D eigenvalue weighted by atomic mass is 9.93. The summed E-state index contributed by atoms with van der Waals surface area (Å²) in [5.74, 6) is 0.782. The molecule has 2 N–H and O–H groups in total. The first-order valence-corrected chi connectivity index (χ1v) is 8.64. The molecule has 0 aliphatic carbocycles. The van der Waals surface area contributed by atoms with Crippen molar-refractivity contribution in [3.8, 4) is 5.75 Å². The molecule has 0 unspecified atom stereocenters. The Morgan fingerprint density at radius 1 is 1.17 bits per heavy atom. The maximum absolute atomic E-state index is 6.00. The second-order valence-corrected chi connectivity index (χ2v) is 6.92. The van der Waals surface area contributed by atoms with Crippen LogP contribution in [0.4, 0.5) is 5.69 Å². The van der Waals surface area contributed by atoms with Crippen LogP contribution in [0.15, 0.2) is 18.2 Å². The molecule has 3 rings (SSSR count). The number of hydrogen-bond acceptors (Lipinski definition) is 4. The molecule has 0 bridgehead atoms. The molecule has 4 heteroatoms. The number of anilines is 1. The SMILES string of the molecule is COc1cc(C2=CCN(C3CCN(C)CC3)CC2)c(C)cc1N. The second-order valence-electron chi connectivity index (χ2n) is 6.92. The van der Waals surface area contributed by atoms with Crippen molar-refractivity contribution in [3.05, 3.63) is 29.3 Å². The minimum absolute atomic E-state index is 0.720. The third-order valence-corrected chi connectivity index (χ3v) is 5.37. The first-order chi connectivity index (χ1) is 11.1. The molecule has 2 aliphatic rings. The van der Waals surface area contributed by atoms with Gasteiger partial charge in [0.1, 0.15) is 5.75 Å². The molecule has 0 aromatic heterocycles. The van der Waals surface area contributed by atoms with Crippen LogP contribution in [0.2, 0.25) is 0 Å². The average Bonchev–Trinajstić information content (AvgIpc) is 2.56. The minimum Gasteiger partial charge on any atom is -0.495 e. The van der Waals surface area contributed by atoms with Gasteiger partial charge in [0.2, 0.25) is 0 Å². The van der Waals surface area contributed by atoms with Gasteiger partial charge in [0.25, 0.3) is 0 Å². The van der Waals surface area contributed by atoms with Gasteiger partial charge in [-0.15, -0.1) is 0 Å². The van der Waals surface area contributed by atoms with Crippen LogP contribution in [0, 0.1) is 6.92 Å². The van der Waals surface area contributed by atoms with E-state index in [1.165, 1.54) is 42.6 Å². The Morgan fingerprint density at radius 2 is 1.91 bits per heavy atom. The van der Waals surface area contributed by atoms with Crippen molar-refractivity contribution in [2.24, 2.45) is 0 Å². The van der Waals surface area contributed by atoms with E-state index < -0.39 is 0 Å². The number of likely N-dealkylation sites (tertiary alicyclic amines) is 1. The van der Waals surface area contributed by atoms with Crippen molar-refractivity contribution < 1.29 is 4.74 Å². The number of ether oxygens (including phenoxy) is 1. The summed E-state index contributed by atoms with van der Waals surface area (Å²) in [5.41, 5.74) is 10.7. The third-order valence-electron chi connectivity index (χ3n) is 5.37. The fourth-order valence-electron chi connectivity index (χ4n) is 3.85. The van der Waals surface area contributed by atoms with Crippen LogP contribution < -0.4 is 10.5 Å². The number of rotatable bonds is 3. The van der Waals surface area contributed by atoms with E-state index >= 15 is 0 Å². The zero-order valence-corrected chi connectivity index (χ0v) is 14.6. The lowest BCUT2D eigenvalue weighted by molar-refractivity contribution is 0.131. The smallest absolute Gasteiger partial charge is 0.142 e. The fourth-order valence-corrected chi connectivity index (χ4v) is 3.85.